The molecule has 3 aromatic rings. The molecule has 5 heteroatoms. The molecule has 0 aliphatic heterocycles. The van der Waals surface area contributed by atoms with Crippen LogP contribution in [0.2, 0.25) is 5.02 Å². The van der Waals surface area contributed by atoms with Crippen LogP contribution >= 0.6 is 11.6 Å². The second-order valence-electron chi connectivity index (χ2n) is 5.95. The van der Waals surface area contributed by atoms with Gasteiger partial charge in [-0.25, -0.2) is 4.98 Å². The number of benzene rings is 2. The molecule has 0 saturated heterocycles. The van der Waals surface area contributed by atoms with Gasteiger partial charge in [-0.1, -0.05) is 54.1 Å². The number of imidazole rings is 1. The number of hydrogen-bond acceptors (Lipinski definition) is 2. The zero-order valence-electron chi connectivity index (χ0n) is 14.0. The Labute approximate surface area is 152 Å². The van der Waals surface area contributed by atoms with E-state index in [-0.39, 0.29) is 11.8 Å². The molecule has 25 heavy (non-hydrogen) atoms. The lowest BCUT2D eigenvalue weighted by atomic mass is 9.88. The lowest BCUT2D eigenvalue weighted by molar-refractivity contribution is -0.121. The second-order valence-corrected chi connectivity index (χ2v) is 6.39. The molecule has 0 unspecified atom stereocenters. The third-order valence-corrected chi connectivity index (χ3v) is 4.48. The molecule has 1 N–H and O–H groups in total. The maximum Gasteiger partial charge on any atom is 0.221 e. The van der Waals surface area contributed by atoms with E-state index in [2.05, 4.69) is 10.3 Å². The summed E-state index contributed by atoms with van der Waals surface area (Å²) in [5.74, 6) is 0.808. The predicted molar refractivity (Wildman–Crippen MR) is 99.4 cm³/mol. The number of aryl methyl sites for hydroxylation is 1. The molecular weight excluding hydrogens is 334 g/mol. The fourth-order valence-corrected chi connectivity index (χ4v) is 2.94. The number of nitrogens with one attached hydrogen (secondary N) is 1. The number of halogens is 1. The summed E-state index contributed by atoms with van der Waals surface area (Å²) in [6, 6.07) is 17.7. The van der Waals surface area contributed by atoms with Crippen molar-refractivity contribution in [1.82, 2.24) is 14.9 Å². The van der Waals surface area contributed by atoms with Crippen LogP contribution in [-0.2, 0) is 18.4 Å². The molecular formula is C20H20ClN3O. The monoisotopic (exact) mass is 353 g/mol. The van der Waals surface area contributed by atoms with E-state index >= 15 is 0 Å². The van der Waals surface area contributed by atoms with Crippen molar-refractivity contribution in [2.24, 2.45) is 7.05 Å². The summed E-state index contributed by atoms with van der Waals surface area (Å²) in [5, 5.41) is 3.65. The first-order valence-electron chi connectivity index (χ1n) is 8.17. The van der Waals surface area contributed by atoms with Crippen molar-refractivity contribution in [3.8, 4) is 0 Å². The maximum atomic E-state index is 12.5. The van der Waals surface area contributed by atoms with Gasteiger partial charge in [-0.3, -0.25) is 4.79 Å². The molecule has 0 bridgehead atoms. The van der Waals surface area contributed by atoms with Gasteiger partial charge in [-0.15, -0.1) is 0 Å². The van der Waals surface area contributed by atoms with E-state index in [1.165, 1.54) is 0 Å². The summed E-state index contributed by atoms with van der Waals surface area (Å²) in [7, 11) is 1.91. The number of hydrogen-bond donors (Lipinski definition) is 1. The Balaban J connectivity index is 1.74. The largest absolute Gasteiger partial charge is 0.349 e. The van der Waals surface area contributed by atoms with Crippen molar-refractivity contribution in [2.45, 2.75) is 18.9 Å². The highest BCUT2D eigenvalue weighted by molar-refractivity contribution is 6.30. The van der Waals surface area contributed by atoms with Crippen LogP contribution < -0.4 is 5.32 Å². The van der Waals surface area contributed by atoms with Crippen molar-refractivity contribution in [3.05, 3.63) is 89.0 Å². The van der Waals surface area contributed by atoms with E-state index in [1.54, 1.807) is 6.20 Å². The Morgan fingerprint density at radius 3 is 2.44 bits per heavy atom. The van der Waals surface area contributed by atoms with Crippen LogP contribution in [0.3, 0.4) is 0 Å². The molecule has 0 radical (unpaired) electrons. The number of carbonyl (C=O) groups is 1. The van der Waals surface area contributed by atoms with Crippen LogP contribution in [-0.4, -0.2) is 15.5 Å². The predicted octanol–water partition coefficient (Wildman–Crippen LogP) is 3.91. The van der Waals surface area contributed by atoms with Gasteiger partial charge in [0.15, 0.2) is 0 Å². The van der Waals surface area contributed by atoms with Gasteiger partial charge in [-0.05, 0) is 23.3 Å². The third kappa shape index (κ3) is 4.48. The van der Waals surface area contributed by atoms with Crippen LogP contribution in [0.4, 0.5) is 0 Å². The van der Waals surface area contributed by atoms with Gasteiger partial charge in [0.05, 0.1) is 6.54 Å². The van der Waals surface area contributed by atoms with E-state index in [1.807, 2.05) is 72.4 Å². The van der Waals surface area contributed by atoms with E-state index < -0.39 is 0 Å². The van der Waals surface area contributed by atoms with Crippen LogP contribution in [0.1, 0.15) is 29.3 Å². The Kier molecular flexibility index (Phi) is 5.51. The molecule has 128 valence electrons. The van der Waals surface area contributed by atoms with Gasteiger partial charge in [0.25, 0.3) is 0 Å². The third-order valence-electron chi connectivity index (χ3n) is 4.23. The van der Waals surface area contributed by atoms with E-state index in [4.69, 9.17) is 11.6 Å². The fourth-order valence-electron chi connectivity index (χ4n) is 2.81. The number of amides is 1. The summed E-state index contributed by atoms with van der Waals surface area (Å²) in [5.41, 5.74) is 2.18. The molecule has 1 atom stereocenters. The topological polar surface area (TPSA) is 46.9 Å². The molecule has 1 amide bonds. The summed E-state index contributed by atoms with van der Waals surface area (Å²) in [6.45, 7) is 0.421. The van der Waals surface area contributed by atoms with Crippen LogP contribution in [0.15, 0.2) is 67.0 Å². The number of aromatic nitrogens is 2. The minimum Gasteiger partial charge on any atom is -0.349 e. The standard InChI is InChI=1S/C20H20ClN3O/c1-24-12-11-22-19(24)14-23-20(25)13-18(15-5-3-2-4-6-15)16-7-9-17(21)10-8-16/h2-12,18H,13-14H2,1H3,(H,23,25)/t18-/m1/s1. The molecule has 0 aliphatic rings. The number of nitrogens with zero attached hydrogens (tertiary/aromatic N) is 2. The zero-order chi connectivity index (χ0) is 17.6. The van der Waals surface area contributed by atoms with Crippen LogP contribution in [0, 0.1) is 0 Å². The van der Waals surface area contributed by atoms with Crippen molar-refractivity contribution >= 4 is 17.5 Å². The molecule has 0 fully saturated rings. The first kappa shape index (κ1) is 17.2. The van der Waals surface area contributed by atoms with Crippen molar-refractivity contribution < 1.29 is 4.79 Å². The van der Waals surface area contributed by atoms with Crippen LogP contribution in [0.5, 0.6) is 0 Å². The molecule has 0 spiro atoms. The van der Waals surface area contributed by atoms with Gasteiger partial charge in [0.2, 0.25) is 5.91 Å². The van der Waals surface area contributed by atoms with Gasteiger partial charge >= 0.3 is 0 Å². The Morgan fingerprint density at radius 1 is 1.12 bits per heavy atom. The highest BCUT2D eigenvalue weighted by atomic mass is 35.5. The summed E-state index contributed by atoms with van der Waals surface area (Å²) >= 11 is 6.00. The smallest absolute Gasteiger partial charge is 0.221 e. The highest BCUT2D eigenvalue weighted by Gasteiger charge is 2.18. The number of carbonyl (C=O) groups excluding carboxylic acids is 1. The van der Waals surface area contributed by atoms with Crippen molar-refractivity contribution in [2.75, 3.05) is 0 Å². The minimum absolute atomic E-state index is 0.00759. The van der Waals surface area contributed by atoms with Crippen LogP contribution in [0.25, 0.3) is 0 Å². The second kappa shape index (κ2) is 7.99. The molecule has 4 nitrogen and oxygen atoms in total. The molecule has 3 rings (SSSR count). The van der Waals surface area contributed by atoms with E-state index in [0.717, 1.165) is 17.0 Å². The zero-order valence-corrected chi connectivity index (χ0v) is 14.8. The average molecular weight is 354 g/mol. The Bertz CT molecular complexity index is 828. The first-order valence-corrected chi connectivity index (χ1v) is 8.54. The molecule has 0 saturated carbocycles. The summed E-state index contributed by atoms with van der Waals surface area (Å²) in [4.78, 5) is 16.7. The van der Waals surface area contributed by atoms with Gasteiger partial charge in [-0.2, -0.15) is 0 Å². The molecule has 1 heterocycles. The SMILES string of the molecule is Cn1ccnc1CNC(=O)C[C@H](c1ccccc1)c1ccc(Cl)cc1. The van der Waals surface area contributed by atoms with E-state index in [0.29, 0.717) is 18.0 Å². The highest BCUT2D eigenvalue weighted by Crippen LogP contribution is 2.28. The maximum absolute atomic E-state index is 12.5. The Hall–Kier alpha value is -2.59. The average Bonchev–Trinajstić information content (AvgIpc) is 3.04. The van der Waals surface area contributed by atoms with E-state index in [9.17, 15) is 4.79 Å². The first-order chi connectivity index (χ1) is 12.1. The van der Waals surface area contributed by atoms with Gasteiger partial charge in [0, 0.05) is 36.8 Å². The summed E-state index contributed by atoms with van der Waals surface area (Å²) in [6.07, 6.45) is 3.96. The van der Waals surface area contributed by atoms with Gasteiger partial charge < -0.3 is 9.88 Å². The normalized spacial score (nSPS) is 11.9. The summed E-state index contributed by atoms with van der Waals surface area (Å²) < 4.78 is 1.90. The number of rotatable bonds is 6. The fraction of sp³-hybridized carbons (Fsp3) is 0.200. The quantitative estimate of drug-likeness (QED) is 0.730. The van der Waals surface area contributed by atoms with Crippen molar-refractivity contribution in [3.63, 3.8) is 0 Å². The molecule has 1 aromatic heterocycles. The minimum atomic E-state index is -0.0140. The Morgan fingerprint density at radius 2 is 1.80 bits per heavy atom. The molecule has 2 aromatic carbocycles. The lowest BCUT2D eigenvalue weighted by Gasteiger charge is -2.18. The van der Waals surface area contributed by atoms with Gasteiger partial charge in [0.1, 0.15) is 5.82 Å². The lowest BCUT2D eigenvalue weighted by Crippen LogP contribution is -2.26. The molecule has 0 aliphatic carbocycles. The van der Waals surface area contributed by atoms with Crippen molar-refractivity contribution in [1.29, 1.82) is 0 Å².